The van der Waals surface area contributed by atoms with E-state index in [9.17, 15) is 0 Å². The van der Waals surface area contributed by atoms with Gasteiger partial charge in [0.25, 0.3) is 0 Å². The van der Waals surface area contributed by atoms with Crippen molar-refractivity contribution in [3.05, 3.63) is 203 Å². The molecule has 2 heteroatoms. The number of hydrogen-bond acceptors (Lipinski definition) is 2. The van der Waals surface area contributed by atoms with Crippen LogP contribution in [0.2, 0.25) is 0 Å². The van der Waals surface area contributed by atoms with Gasteiger partial charge in [0.1, 0.15) is 0 Å². The number of hydrogen-bond donors (Lipinski definition) is 0. The van der Waals surface area contributed by atoms with Gasteiger partial charge in [-0.2, -0.15) is 0 Å². The van der Waals surface area contributed by atoms with Gasteiger partial charge in [-0.25, -0.2) is 9.97 Å². The zero-order valence-electron chi connectivity index (χ0n) is 29.5. The number of rotatable bonds is 5. The Labute approximate surface area is 311 Å². The summed E-state index contributed by atoms with van der Waals surface area (Å²) in [4.78, 5) is 10.3. The van der Waals surface area contributed by atoms with E-state index in [1.165, 1.54) is 62.6 Å². The summed E-state index contributed by atoms with van der Waals surface area (Å²) in [5.74, 6) is 2.50. The van der Waals surface area contributed by atoms with E-state index in [-0.39, 0.29) is 11.8 Å². The molecular weight excluding hydrogens is 641 g/mol. The summed E-state index contributed by atoms with van der Waals surface area (Å²) in [6.07, 6.45) is 20.2. The Bertz CT molecular complexity index is 2580. The average Bonchev–Trinajstić information content (AvgIpc) is 4.05. The van der Waals surface area contributed by atoms with Crippen LogP contribution in [-0.2, 0) is 0 Å². The molecular formula is C51H38N2. The normalized spacial score (nSPS) is 22.2. The van der Waals surface area contributed by atoms with Crippen LogP contribution < -0.4 is 0 Å². The van der Waals surface area contributed by atoms with Crippen molar-refractivity contribution in [2.24, 2.45) is 17.8 Å². The summed E-state index contributed by atoms with van der Waals surface area (Å²) in [7, 11) is 0. The highest BCUT2D eigenvalue weighted by Crippen LogP contribution is 2.64. The maximum atomic E-state index is 5.26. The lowest BCUT2D eigenvalue weighted by Crippen LogP contribution is -2.23. The second kappa shape index (κ2) is 12.2. The third-order valence-corrected chi connectivity index (χ3v) is 12.1. The average molecular weight is 679 g/mol. The molecule has 5 aliphatic rings. The third-order valence-electron chi connectivity index (χ3n) is 12.1. The molecule has 0 amide bonds. The zero-order valence-corrected chi connectivity index (χ0v) is 29.5. The second-order valence-electron chi connectivity index (χ2n) is 15.1. The summed E-state index contributed by atoms with van der Waals surface area (Å²) in [6.45, 7) is 0. The van der Waals surface area contributed by atoms with E-state index in [1.54, 1.807) is 11.1 Å². The molecule has 2 nitrogen and oxygen atoms in total. The molecule has 1 heterocycles. The molecule has 252 valence electrons. The van der Waals surface area contributed by atoms with E-state index < -0.39 is 0 Å². The molecule has 6 aromatic rings. The van der Waals surface area contributed by atoms with Crippen LogP contribution in [0.5, 0.6) is 0 Å². The van der Waals surface area contributed by atoms with Crippen molar-refractivity contribution in [2.75, 3.05) is 0 Å². The van der Waals surface area contributed by atoms with Crippen LogP contribution in [0.3, 0.4) is 0 Å². The molecule has 0 saturated heterocycles. The predicted octanol–water partition coefficient (Wildman–Crippen LogP) is 12.6. The summed E-state index contributed by atoms with van der Waals surface area (Å²) in [5, 5.41) is 2.80. The second-order valence-corrected chi connectivity index (χ2v) is 15.1. The molecule has 1 fully saturated rings. The van der Waals surface area contributed by atoms with Crippen molar-refractivity contribution in [3.8, 4) is 33.8 Å². The first-order valence-corrected chi connectivity index (χ1v) is 19.1. The van der Waals surface area contributed by atoms with Gasteiger partial charge in [-0.1, -0.05) is 163 Å². The number of fused-ring (bicyclic) bond motifs is 8. The Kier molecular flexibility index (Phi) is 7.05. The molecule has 4 unspecified atom stereocenters. The Morgan fingerprint density at radius 2 is 1.25 bits per heavy atom. The molecule has 1 saturated carbocycles. The number of aromatic nitrogens is 2. The minimum absolute atomic E-state index is 0.211. The molecule has 0 N–H and O–H groups in total. The van der Waals surface area contributed by atoms with E-state index in [4.69, 9.17) is 9.97 Å². The minimum atomic E-state index is 0.211. The van der Waals surface area contributed by atoms with Gasteiger partial charge in [0.05, 0.1) is 11.4 Å². The highest BCUT2D eigenvalue weighted by molar-refractivity contribution is 6.05. The molecule has 0 radical (unpaired) electrons. The van der Waals surface area contributed by atoms with Crippen LogP contribution in [0.25, 0.3) is 55.7 Å². The minimum Gasteiger partial charge on any atom is -0.228 e. The van der Waals surface area contributed by atoms with Crippen LogP contribution in [0, 0.1) is 17.8 Å². The van der Waals surface area contributed by atoms with Crippen molar-refractivity contribution in [2.45, 2.75) is 25.2 Å². The van der Waals surface area contributed by atoms with Gasteiger partial charge in [-0.05, 0) is 93.0 Å². The van der Waals surface area contributed by atoms with E-state index >= 15 is 0 Å². The Morgan fingerprint density at radius 1 is 0.547 bits per heavy atom. The van der Waals surface area contributed by atoms with E-state index in [0.717, 1.165) is 34.8 Å². The SMILES string of the molecule is C1=CC2=C(c3cc(-c4ccccc4)nc(-c4ccccc4)n3)C=CC(C3=CCCC4=C3c3cc(-c5ccccc5)c5ccccc5c3C3CC43)C2C=C1. The first-order valence-electron chi connectivity index (χ1n) is 19.1. The number of allylic oxidation sites excluding steroid dienone is 12. The lowest BCUT2D eigenvalue weighted by Gasteiger charge is -2.37. The van der Waals surface area contributed by atoms with Gasteiger partial charge in [-0.3, -0.25) is 0 Å². The Morgan fingerprint density at radius 3 is 2.04 bits per heavy atom. The van der Waals surface area contributed by atoms with Crippen LogP contribution >= 0.6 is 0 Å². The molecule has 11 rings (SSSR count). The lowest BCUT2D eigenvalue weighted by atomic mass is 9.66. The van der Waals surface area contributed by atoms with Gasteiger partial charge >= 0.3 is 0 Å². The van der Waals surface area contributed by atoms with Crippen molar-refractivity contribution in [1.82, 2.24) is 9.97 Å². The van der Waals surface area contributed by atoms with Gasteiger partial charge in [0.15, 0.2) is 5.82 Å². The van der Waals surface area contributed by atoms with Gasteiger partial charge in [-0.15, -0.1) is 0 Å². The van der Waals surface area contributed by atoms with Gasteiger partial charge in [0, 0.05) is 28.5 Å². The lowest BCUT2D eigenvalue weighted by molar-refractivity contribution is 0.614. The van der Waals surface area contributed by atoms with Crippen LogP contribution in [-0.4, -0.2) is 9.97 Å². The summed E-state index contributed by atoms with van der Waals surface area (Å²) < 4.78 is 0. The van der Waals surface area contributed by atoms with Crippen LogP contribution in [0.15, 0.2) is 187 Å². The zero-order chi connectivity index (χ0) is 34.9. The fourth-order valence-electron chi connectivity index (χ4n) is 9.70. The van der Waals surface area contributed by atoms with Crippen molar-refractivity contribution in [1.29, 1.82) is 0 Å². The first kappa shape index (κ1) is 30.5. The molecule has 5 aromatic carbocycles. The largest absolute Gasteiger partial charge is 0.228 e. The third kappa shape index (κ3) is 5.00. The number of nitrogens with zero attached hydrogens (tertiary/aromatic N) is 2. The fraction of sp³-hybridized carbons (Fsp3) is 0.137. The van der Waals surface area contributed by atoms with Crippen LogP contribution in [0.1, 0.15) is 42.0 Å². The van der Waals surface area contributed by atoms with Crippen molar-refractivity contribution >= 4 is 21.9 Å². The summed E-state index contributed by atoms with van der Waals surface area (Å²) in [6, 6.07) is 45.7. The van der Waals surface area contributed by atoms with Crippen molar-refractivity contribution < 1.29 is 0 Å². The highest BCUT2D eigenvalue weighted by Gasteiger charge is 2.49. The van der Waals surface area contributed by atoms with Gasteiger partial charge in [0.2, 0.25) is 0 Å². The van der Waals surface area contributed by atoms with E-state index in [1.807, 2.05) is 6.07 Å². The maximum absolute atomic E-state index is 5.26. The molecule has 0 spiro atoms. The molecule has 0 bridgehead atoms. The van der Waals surface area contributed by atoms with Crippen molar-refractivity contribution in [3.63, 3.8) is 0 Å². The molecule has 1 aromatic heterocycles. The van der Waals surface area contributed by atoms with Gasteiger partial charge < -0.3 is 0 Å². The smallest absolute Gasteiger partial charge is 0.160 e. The van der Waals surface area contributed by atoms with E-state index in [2.05, 4.69) is 164 Å². The Hall–Kier alpha value is -6.12. The first-order chi connectivity index (χ1) is 26.3. The quantitative estimate of drug-likeness (QED) is 0.181. The predicted molar refractivity (Wildman–Crippen MR) is 219 cm³/mol. The topological polar surface area (TPSA) is 25.8 Å². The Balaban J connectivity index is 1.05. The number of benzene rings is 5. The molecule has 4 atom stereocenters. The maximum Gasteiger partial charge on any atom is 0.160 e. The summed E-state index contributed by atoms with van der Waals surface area (Å²) in [5.41, 5.74) is 16.9. The standard InChI is InChI=1S/C51H38N2/c1-4-15-32(16-5-1)43-29-46-49-41(25-14-26-42(49)44-30-45(44)50(46)40-24-13-12-23-37(40)43)38-27-28-39(36-22-11-10-21-35(36)38)48-31-47(33-17-6-2-7-18-33)52-51(53-48)34-19-8-3-9-20-34/h1-13,15-25,27-29,31,35,38,44-45H,14,26,30H2. The van der Waals surface area contributed by atoms with E-state index in [0.29, 0.717) is 11.8 Å². The molecule has 53 heavy (non-hydrogen) atoms. The molecule has 5 aliphatic carbocycles. The summed E-state index contributed by atoms with van der Waals surface area (Å²) >= 11 is 0. The van der Waals surface area contributed by atoms with Crippen LogP contribution in [0.4, 0.5) is 0 Å². The monoisotopic (exact) mass is 678 g/mol. The highest BCUT2D eigenvalue weighted by atomic mass is 14.9. The fourth-order valence-corrected chi connectivity index (χ4v) is 9.70. The molecule has 0 aliphatic heterocycles.